The number of nitrogens with zero attached hydrogens (tertiary/aromatic N) is 3. The van der Waals surface area contributed by atoms with E-state index >= 15 is 4.57 Å². The maximum Gasteiger partial charge on any atom is 0.472 e. The van der Waals surface area contributed by atoms with Crippen LogP contribution in [0.3, 0.4) is 0 Å². The lowest BCUT2D eigenvalue weighted by atomic mass is 9.80. The molecule has 2 aliphatic rings. The third-order valence-electron chi connectivity index (χ3n) is 16.2. The average Bonchev–Trinajstić information content (AvgIpc) is 1.11. The van der Waals surface area contributed by atoms with Crippen LogP contribution in [0.1, 0.15) is 86.7 Å². The number of pyridine rings is 1. The van der Waals surface area contributed by atoms with Crippen molar-refractivity contribution in [1.82, 2.24) is 19.1 Å². The number of aromatic amines is 2. The first kappa shape index (κ1) is 61.5. The summed E-state index contributed by atoms with van der Waals surface area (Å²) in [5.41, 5.74) is -1.35. The number of phosphoric acid groups is 1. The molecule has 0 aliphatic carbocycles. The first-order valence-corrected chi connectivity index (χ1v) is 32.1. The summed E-state index contributed by atoms with van der Waals surface area (Å²) in [5, 5.41) is 1.38. The smallest absolute Gasteiger partial charge is 0.472 e. The summed E-state index contributed by atoms with van der Waals surface area (Å²) in [6, 6.07) is 50.2. The molecule has 0 bridgehead atoms. The zero-order chi connectivity index (χ0) is 60.8. The predicted octanol–water partition coefficient (Wildman–Crippen LogP) is 7.89. The lowest BCUT2D eigenvalue weighted by molar-refractivity contribution is -0.697. The number of hydrogen-bond donors (Lipinski definition) is 3. The predicted molar refractivity (Wildman–Crippen MR) is 325 cm³/mol. The van der Waals surface area contributed by atoms with Gasteiger partial charge in [0.2, 0.25) is 0 Å². The van der Waals surface area contributed by atoms with Crippen LogP contribution in [0.15, 0.2) is 202 Å². The van der Waals surface area contributed by atoms with Crippen molar-refractivity contribution in [2.75, 3.05) is 20.8 Å². The highest BCUT2D eigenvalue weighted by Gasteiger charge is 2.56. The Labute approximate surface area is 499 Å². The lowest BCUT2D eigenvalue weighted by Gasteiger charge is -2.45. The van der Waals surface area contributed by atoms with E-state index < -0.39 is 92.3 Å². The highest BCUT2D eigenvalue weighted by atomic mass is 31.2. The van der Waals surface area contributed by atoms with Gasteiger partial charge in [0.05, 0.1) is 33.0 Å². The Bertz CT molecular complexity index is 3780. The molecule has 10 rings (SSSR count). The lowest BCUT2D eigenvalue weighted by Crippen LogP contribution is -2.68. The maximum absolute atomic E-state index is 15.5. The van der Waals surface area contributed by atoms with E-state index in [1.54, 1.807) is 28.1 Å². The number of phosphoric ester groups is 1. The molecule has 2 saturated heterocycles. The fourth-order valence-corrected chi connectivity index (χ4v) is 17.8. The number of hydrogen-bond acceptors (Lipinski definition) is 13. The largest absolute Gasteiger partial charge is 0.497 e. The Morgan fingerprint density at radius 3 is 1.62 bits per heavy atom. The molecule has 8 atom stereocenters. The Balaban J connectivity index is 1.06. The topological polar surface area (TPSA) is 225 Å². The minimum atomic E-state index is -5.30. The summed E-state index contributed by atoms with van der Waals surface area (Å²) in [6.45, 7) is 9.73. The molecule has 5 heterocycles. The van der Waals surface area contributed by atoms with Gasteiger partial charge in [-0.05, 0) is 76.6 Å². The van der Waals surface area contributed by atoms with E-state index in [1.807, 2.05) is 150 Å². The molecule has 450 valence electrons. The van der Waals surface area contributed by atoms with Crippen LogP contribution >= 0.6 is 7.82 Å². The SMILES string of the molecule is COc1ccc(C(OC[C@H]2O[C@@H](n3cc(C)c(=O)[nH]c3=O)C[C@@H]2OP(=O)(O)O[C@@H](CCC[n+]2ccccc2)[C@H]2O[C@@H](n3cc(C)c(=O)[nH]c3=O)C[C@@H]2O[Si](c2ccccc2)(c2ccccc2)C(C)(C)C)(c2ccccc2)c2ccc(OC)cc2)cc1. The second kappa shape index (κ2) is 26.2. The van der Waals surface area contributed by atoms with E-state index in [0.717, 1.165) is 15.9 Å². The van der Waals surface area contributed by atoms with Gasteiger partial charge in [0.15, 0.2) is 12.4 Å². The van der Waals surface area contributed by atoms with Crippen molar-refractivity contribution in [3.63, 3.8) is 0 Å². The molecular formula is C65H73N5O14PSi+. The summed E-state index contributed by atoms with van der Waals surface area (Å²) in [7, 11) is -5.59. The summed E-state index contributed by atoms with van der Waals surface area (Å²) >= 11 is 0. The van der Waals surface area contributed by atoms with Crippen LogP contribution in [-0.4, -0.2) is 83.7 Å². The van der Waals surface area contributed by atoms with Crippen molar-refractivity contribution in [1.29, 1.82) is 0 Å². The van der Waals surface area contributed by atoms with Crippen LogP contribution in [0.5, 0.6) is 11.5 Å². The highest BCUT2D eigenvalue weighted by molar-refractivity contribution is 7.47. The number of H-pyrrole nitrogens is 2. The summed E-state index contributed by atoms with van der Waals surface area (Å²) < 4.78 is 73.0. The van der Waals surface area contributed by atoms with E-state index in [9.17, 15) is 24.1 Å². The molecule has 0 spiro atoms. The molecule has 19 nitrogen and oxygen atoms in total. The maximum atomic E-state index is 15.5. The molecule has 5 aromatic carbocycles. The fourth-order valence-electron chi connectivity index (χ4n) is 11.9. The van der Waals surface area contributed by atoms with Gasteiger partial charge < -0.3 is 33.0 Å². The minimum Gasteiger partial charge on any atom is -0.497 e. The number of methoxy groups -OCH3 is 2. The van der Waals surface area contributed by atoms with Gasteiger partial charge in [-0.1, -0.05) is 142 Å². The number of nitrogens with one attached hydrogen (secondary N) is 2. The molecule has 3 N–H and O–H groups in total. The van der Waals surface area contributed by atoms with Crippen molar-refractivity contribution in [2.24, 2.45) is 0 Å². The Hall–Kier alpha value is -7.62. The molecule has 1 unspecified atom stereocenters. The van der Waals surface area contributed by atoms with E-state index in [1.165, 1.54) is 21.5 Å². The van der Waals surface area contributed by atoms with Gasteiger partial charge in [0, 0.05) is 54.9 Å². The van der Waals surface area contributed by atoms with Gasteiger partial charge >= 0.3 is 19.2 Å². The van der Waals surface area contributed by atoms with Gasteiger partial charge in [-0.25, -0.2) is 18.7 Å². The van der Waals surface area contributed by atoms with E-state index in [0.29, 0.717) is 35.6 Å². The number of ether oxygens (including phenoxy) is 5. The van der Waals surface area contributed by atoms with Gasteiger partial charge in [-0.2, -0.15) is 0 Å². The molecule has 21 heteroatoms. The number of rotatable bonds is 23. The normalized spacial score (nSPS) is 20.1. The summed E-state index contributed by atoms with van der Waals surface area (Å²) in [5.74, 6) is 1.22. The van der Waals surface area contributed by atoms with E-state index in [2.05, 4.69) is 55.0 Å². The molecule has 2 aliphatic heterocycles. The first-order valence-electron chi connectivity index (χ1n) is 28.7. The molecule has 0 radical (unpaired) electrons. The van der Waals surface area contributed by atoms with Crippen molar-refractivity contribution >= 4 is 26.5 Å². The van der Waals surface area contributed by atoms with Crippen LogP contribution in [-0.2, 0) is 44.4 Å². The average molecular weight is 1210 g/mol. The quantitative estimate of drug-likeness (QED) is 0.0240. The Kier molecular flexibility index (Phi) is 18.7. The third kappa shape index (κ3) is 13.0. The minimum absolute atomic E-state index is 0.0703. The molecule has 86 heavy (non-hydrogen) atoms. The Morgan fingerprint density at radius 2 is 1.12 bits per heavy atom. The van der Waals surface area contributed by atoms with E-state index in [4.69, 9.17) is 37.2 Å². The molecule has 8 aromatic rings. The molecule has 3 aromatic heterocycles. The second-order valence-corrected chi connectivity index (χ2v) is 28.4. The van der Waals surface area contributed by atoms with Crippen LogP contribution in [0.2, 0.25) is 5.04 Å². The third-order valence-corrected chi connectivity index (χ3v) is 22.3. The highest BCUT2D eigenvalue weighted by Crippen LogP contribution is 2.53. The zero-order valence-electron chi connectivity index (χ0n) is 49.1. The summed E-state index contributed by atoms with van der Waals surface area (Å²) in [4.78, 5) is 70.3. The monoisotopic (exact) mass is 1210 g/mol. The molecule has 0 amide bonds. The number of aromatic nitrogens is 5. The number of aryl methyl sites for hydroxylation is 3. The van der Waals surface area contributed by atoms with Crippen molar-refractivity contribution in [2.45, 2.75) is 120 Å². The van der Waals surface area contributed by atoms with Crippen LogP contribution in [0.25, 0.3) is 0 Å². The number of benzene rings is 5. The standard InChI is InChI=1S/C65H72N5O14PSi/c1-44-41-69(62(73)66-60(44)71)57-39-54(56(80-57)43-79-65(46-21-12-8-13-22-46,47-28-32-49(77-6)33-29-47)48-30-34-50(78-7)35-31-48)83-85(75,76)82-53(27-20-38-68-36-18-11-19-37-68)59-55(40-58(81-59)70-42-45(2)61(72)67-63(70)74)84-86(64(3,4)5,51-23-14-9-15-24-51)52-25-16-10-17-26-52/h8-19,21-26,28-37,41-42,53-59H,20,27,38-40,43H2,1-7H3,(H2-,66,67,71,72,73,74,75,76)/p+1/t53-,54-,55-,56+,57+,58+,59+/m0/s1. The van der Waals surface area contributed by atoms with Gasteiger partial charge in [0.1, 0.15) is 54.4 Å². The van der Waals surface area contributed by atoms with Gasteiger partial charge in [0.25, 0.3) is 19.4 Å². The summed E-state index contributed by atoms with van der Waals surface area (Å²) in [6.07, 6.45) is -0.870. The first-order chi connectivity index (χ1) is 41.3. The van der Waals surface area contributed by atoms with Crippen molar-refractivity contribution in [3.05, 3.63) is 252 Å². The van der Waals surface area contributed by atoms with Crippen molar-refractivity contribution < 1.29 is 51.2 Å². The fraction of sp³-hybridized carbons (Fsp3) is 0.338. The molecule has 2 fully saturated rings. The van der Waals surface area contributed by atoms with Gasteiger partial charge in [-0.15, -0.1) is 0 Å². The Morgan fingerprint density at radius 1 is 0.651 bits per heavy atom. The zero-order valence-corrected chi connectivity index (χ0v) is 51.0. The molecule has 0 saturated carbocycles. The van der Waals surface area contributed by atoms with Crippen molar-refractivity contribution in [3.8, 4) is 11.5 Å². The molecular weight excluding hydrogens is 1130 g/mol. The van der Waals surface area contributed by atoms with Crippen LogP contribution < -0.4 is 46.9 Å². The van der Waals surface area contributed by atoms with Gasteiger partial charge in [-0.3, -0.25) is 37.7 Å². The second-order valence-electron chi connectivity index (χ2n) is 22.8. The van der Waals surface area contributed by atoms with E-state index in [-0.39, 0.29) is 37.0 Å². The van der Waals surface area contributed by atoms with Crippen LogP contribution in [0.4, 0.5) is 0 Å². The van der Waals surface area contributed by atoms with Crippen LogP contribution in [0, 0.1) is 13.8 Å².